The Kier molecular flexibility index (Phi) is 4.91. The van der Waals surface area contributed by atoms with E-state index < -0.39 is 0 Å². The molecule has 0 unspecified atom stereocenters. The molecule has 1 spiro atoms. The fraction of sp³-hybridized carbons (Fsp3) is 0.385. The average Bonchev–Trinajstić information content (AvgIpc) is 3.23. The van der Waals surface area contributed by atoms with Crippen molar-refractivity contribution in [1.82, 2.24) is 0 Å². The van der Waals surface area contributed by atoms with Crippen molar-refractivity contribution < 1.29 is 9.57 Å². The fourth-order valence-electron chi connectivity index (χ4n) is 5.72. The van der Waals surface area contributed by atoms with Gasteiger partial charge in [-0.25, -0.2) is 5.06 Å². The third-order valence-electron chi connectivity index (χ3n) is 6.86. The second-order valence-electron chi connectivity index (χ2n) is 8.75. The number of hydrogen-bond acceptors (Lipinski definition) is 3. The average molecular weight is 422 g/mol. The van der Waals surface area contributed by atoms with Crippen LogP contribution < -0.4 is 5.06 Å². The smallest absolute Gasteiger partial charge is 0.130 e. The molecule has 2 fully saturated rings. The van der Waals surface area contributed by atoms with Crippen LogP contribution >= 0.6 is 11.6 Å². The highest BCUT2D eigenvalue weighted by molar-refractivity contribution is 6.30. The Hall–Kier alpha value is -2.23. The van der Waals surface area contributed by atoms with Crippen LogP contribution in [0.3, 0.4) is 0 Å². The maximum absolute atomic E-state index is 7.00. The van der Waals surface area contributed by atoms with Gasteiger partial charge >= 0.3 is 0 Å². The first-order valence-corrected chi connectivity index (χ1v) is 11.2. The first kappa shape index (κ1) is 19.7. The number of halogens is 1. The standard InChI is InChI=1S/C26H28ClNO2/c1-17(2)22-23-24(18-12-14-19(27)15-13-18)28(20-9-5-4-6-10-20)30-26(23)16-8-7-11-21(26)25(22)29-3/h4-6,9-10,12-15,23-24H,7-8,11,16H2,1-3H3/t23-,24-,26-/m0/s1. The molecule has 30 heavy (non-hydrogen) atoms. The molecule has 1 saturated heterocycles. The van der Waals surface area contributed by atoms with E-state index in [2.05, 4.69) is 55.3 Å². The van der Waals surface area contributed by atoms with Gasteiger partial charge in [-0.3, -0.25) is 4.84 Å². The van der Waals surface area contributed by atoms with Crippen molar-refractivity contribution in [2.24, 2.45) is 5.92 Å². The van der Waals surface area contributed by atoms with Gasteiger partial charge in [0.2, 0.25) is 0 Å². The van der Waals surface area contributed by atoms with Gasteiger partial charge in [-0.1, -0.05) is 47.5 Å². The summed E-state index contributed by atoms with van der Waals surface area (Å²) in [6, 6.07) is 18.7. The lowest BCUT2D eigenvalue weighted by atomic mass is 9.71. The second kappa shape index (κ2) is 7.47. The zero-order valence-electron chi connectivity index (χ0n) is 17.8. The summed E-state index contributed by atoms with van der Waals surface area (Å²) in [5.41, 5.74) is 5.92. The lowest BCUT2D eigenvalue weighted by molar-refractivity contribution is -0.0128. The van der Waals surface area contributed by atoms with E-state index in [-0.39, 0.29) is 17.6 Å². The molecule has 156 valence electrons. The molecule has 2 aromatic rings. The van der Waals surface area contributed by atoms with Crippen LogP contribution in [0.25, 0.3) is 0 Å². The van der Waals surface area contributed by atoms with Gasteiger partial charge in [0.25, 0.3) is 0 Å². The third-order valence-corrected chi connectivity index (χ3v) is 7.11. The zero-order chi connectivity index (χ0) is 20.9. The molecular formula is C26H28ClNO2. The molecule has 0 radical (unpaired) electrons. The summed E-state index contributed by atoms with van der Waals surface area (Å²) in [5, 5.41) is 2.90. The first-order valence-electron chi connectivity index (χ1n) is 10.8. The van der Waals surface area contributed by atoms with Gasteiger partial charge in [-0.2, -0.15) is 0 Å². The highest BCUT2D eigenvalue weighted by atomic mass is 35.5. The van der Waals surface area contributed by atoms with Crippen molar-refractivity contribution in [3.63, 3.8) is 0 Å². The van der Waals surface area contributed by atoms with Crippen molar-refractivity contribution in [3.8, 4) is 0 Å². The van der Waals surface area contributed by atoms with Crippen LogP contribution in [0.1, 0.15) is 51.1 Å². The molecular weight excluding hydrogens is 394 g/mol. The summed E-state index contributed by atoms with van der Waals surface area (Å²) in [5.74, 6) is 1.25. The van der Waals surface area contributed by atoms with E-state index in [9.17, 15) is 0 Å². The van der Waals surface area contributed by atoms with Crippen molar-refractivity contribution >= 4 is 17.3 Å². The molecule has 0 N–H and O–H groups in total. The Morgan fingerprint density at radius 3 is 2.47 bits per heavy atom. The number of allylic oxidation sites excluding steroid dienone is 2. The van der Waals surface area contributed by atoms with Crippen LogP contribution in [0, 0.1) is 5.92 Å². The largest absolute Gasteiger partial charge is 0.496 e. The topological polar surface area (TPSA) is 21.7 Å². The Morgan fingerprint density at radius 2 is 1.80 bits per heavy atom. The molecule has 1 aliphatic heterocycles. The Balaban J connectivity index is 1.74. The van der Waals surface area contributed by atoms with Gasteiger partial charge in [-0.15, -0.1) is 0 Å². The van der Waals surface area contributed by atoms with E-state index in [0.29, 0.717) is 0 Å². The Labute approximate surface area is 183 Å². The molecule has 0 amide bonds. The van der Waals surface area contributed by atoms with Gasteiger partial charge in [0.05, 0.1) is 24.8 Å². The number of anilines is 1. The van der Waals surface area contributed by atoms with Crippen LogP contribution in [-0.2, 0) is 9.57 Å². The van der Waals surface area contributed by atoms with Gasteiger partial charge in [-0.05, 0) is 69.4 Å². The second-order valence-corrected chi connectivity index (χ2v) is 9.19. The molecule has 4 heteroatoms. The molecule has 0 bridgehead atoms. The van der Waals surface area contributed by atoms with Crippen molar-refractivity contribution in [2.45, 2.75) is 51.2 Å². The van der Waals surface area contributed by atoms with Gasteiger partial charge in [0, 0.05) is 16.2 Å². The highest BCUT2D eigenvalue weighted by Crippen LogP contribution is 2.64. The summed E-state index contributed by atoms with van der Waals surface area (Å²) in [7, 11) is 1.81. The van der Waals surface area contributed by atoms with Crippen LogP contribution in [0.2, 0.25) is 5.02 Å². The van der Waals surface area contributed by atoms with Gasteiger partial charge in [0.15, 0.2) is 0 Å². The number of methoxy groups -OCH3 is 1. The minimum atomic E-state index is -0.337. The fourth-order valence-corrected chi connectivity index (χ4v) is 5.85. The summed E-state index contributed by atoms with van der Waals surface area (Å²) in [6.45, 7) is 4.40. The highest BCUT2D eigenvalue weighted by Gasteiger charge is 2.64. The summed E-state index contributed by atoms with van der Waals surface area (Å²) in [6.07, 6.45) is 4.41. The number of ether oxygens (including phenoxy) is 1. The SMILES string of the molecule is COC1=C2CCCC[C@]23ON(c2ccccc2)[C@@H](c2ccc(Cl)cc2)[C@@H]3C1=C(C)C. The molecule has 1 saturated carbocycles. The number of hydroxylamine groups is 1. The van der Waals surface area contributed by atoms with E-state index in [4.69, 9.17) is 21.2 Å². The van der Waals surface area contributed by atoms with E-state index in [1.807, 2.05) is 18.2 Å². The lowest BCUT2D eigenvalue weighted by Crippen LogP contribution is -2.38. The molecule has 3 atom stereocenters. The summed E-state index contributed by atoms with van der Waals surface area (Å²) in [4.78, 5) is 7.00. The monoisotopic (exact) mass is 421 g/mol. The number of para-hydroxylation sites is 1. The van der Waals surface area contributed by atoms with Gasteiger partial charge < -0.3 is 4.74 Å². The number of nitrogens with zero attached hydrogens (tertiary/aromatic N) is 1. The normalized spacial score (nSPS) is 27.9. The van der Waals surface area contributed by atoms with E-state index >= 15 is 0 Å². The van der Waals surface area contributed by atoms with Crippen molar-refractivity contribution in [2.75, 3.05) is 12.2 Å². The number of benzene rings is 2. The van der Waals surface area contributed by atoms with E-state index in [1.54, 1.807) is 7.11 Å². The van der Waals surface area contributed by atoms with Crippen LogP contribution in [0.15, 0.2) is 77.1 Å². The minimum absolute atomic E-state index is 0.0512. The summed E-state index contributed by atoms with van der Waals surface area (Å²) >= 11 is 6.23. The number of hydrogen-bond donors (Lipinski definition) is 0. The third kappa shape index (κ3) is 2.83. The molecule has 3 nitrogen and oxygen atoms in total. The van der Waals surface area contributed by atoms with Crippen LogP contribution in [0.4, 0.5) is 5.69 Å². The maximum atomic E-state index is 7.00. The first-order chi connectivity index (χ1) is 14.6. The molecule has 0 aromatic heterocycles. The van der Waals surface area contributed by atoms with Crippen molar-refractivity contribution in [1.29, 1.82) is 0 Å². The quantitative estimate of drug-likeness (QED) is 0.531. The molecule has 5 rings (SSSR count). The van der Waals surface area contributed by atoms with E-state index in [1.165, 1.54) is 35.1 Å². The van der Waals surface area contributed by atoms with Crippen LogP contribution in [-0.4, -0.2) is 12.7 Å². The zero-order valence-corrected chi connectivity index (χ0v) is 18.6. The predicted octanol–water partition coefficient (Wildman–Crippen LogP) is 7.01. The Bertz CT molecular complexity index is 1010. The van der Waals surface area contributed by atoms with Gasteiger partial charge in [0.1, 0.15) is 11.4 Å². The molecule has 1 heterocycles. The molecule has 2 aliphatic carbocycles. The van der Waals surface area contributed by atoms with E-state index in [0.717, 1.165) is 29.3 Å². The predicted molar refractivity (Wildman–Crippen MR) is 121 cm³/mol. The Morgan fingerprint density at radius 1 is 1.07 bits per heavy atom. The molecule has 3 aliphatic rings. The molecule has 2 aromatic carbocycles. The van der Waals surface area contributed by atoms with Crippen molar-refractivity contribution in [3.05, 3.63) is 87.7 Å². The maximum Gasteiger partial charge on any atom is 0.130 e. The number of rotatable bonds is 3. The lowest BCUT2D eigenvalue weighted by Gasteiger charge is -2.34. The minimum Gasteiger partial charge on any atom is -0.496 e. The summed E-state index contributed by atoms with van der Waals surface area (Å²) < 4.78 is 6.03. The van der Waals surface area contributed by atoms with Crippen LogP contribution in [0.5, 0.6) is 0 Å².